The first kappa shape index (κ1) is 41.8. The molecule has 2 rings (SSSR count). The van der Waals surface area contributed by atoms with Gasteiger partial charge < -0.3 is 37.1 Å². The van der Waals surface area contributed by atoms with Crippen LogP contribution in [-0.2, 0) is 23.9 Å². The van der Waals surface area contributed by atoms with E-state index in [-0.39, 0.29) is 46.3 Å². The van der Waals surface area contributed by atoms with E-state index < -0.39 is 65.4 Å². The highest BCUT2D eigenvalue weighted by Crippen LogP contribution is 2.35. The molecule has 1 aromatic heterocycles. The fourth-order valence-electron chi connectivity index (χ4n) is 5.05. The number of ether oxygens (including phenoxy) is 1. The summed E-state index contributed by atoms with van der Waals surface area (Å²) in [6, 6.07) is 2.94. The number of hydrogen-bond donors (Lipinski definition) is 6. The molecule has 13 nitrogen and oxygen atoms in total. The molecule has 0 radical (unpaired) electrons. The van der Waals surface area contributed by atoms with E-state index in [1.807, 2.05) is 0 Å². The van der Waals surface area contributed by atoms with Crippen molar-refractivity contribution in [3.05, 3.63) is 51.7 Å². The molecule has 1 unspecified atom stereocenters. The summed E-state index contributed by atoms with van der Waals surface area (Å²) >= 11 is 0.907. The van der Waals surface area contributed by atoms with Gasteiger partial charge in [0.1, 0.15) is 22.9 Å². The zero-order chi connectivity index (χ0) is 37.9. The highest BCUT2D eigenvalue weighted by atomic mass is 32.1. The van der Waals surface area contributed by atoms with Gasteiger partial charge in [-0.3, -0.25) is 24.0 Å². The van der Waals surface area contributed by atoms with Gasteiger partial charge in [-0.1, -0.05) is 60.6 Å². The van der Waals surface area contributed by atoms with Crippen molar-refractivity contribution in [2.24, 2.45) is 23.5 Å². The third-order valence-electron chi connectivity index (χ3n) is 8.20. The van der Waals surface area contributed by atoms with Crippen LogP contribution in [0.4, 0.5) is 9.39 Å². The van der Waals surface area contributed by atoms with E-state index in [9.17, 15) is 33.2 Å². The summed E-state index contributed by atoms with van der Waals surface area (Å²) in [5, 5.41) is 13.7. The van der Waals surface area contributed by atoms with E-state index in [4.69, 9.17) is 10.5 Å². The molecule has 15 heteroatoms. The number of esters is 1. The molecule has 0 saturated carbocycles. The summed E-state index contributed by atoms with van der Waals surface area (Å²) in [4.78, 5) is 78.1. The van der Waals surface area contributed by atoms with E-state index in [1.165, 1.54) is 31.4 Å². The summed E-state index contributed by atoms with van der Waals surface area (Å²) in [6.07, 6.45) is 0.400. The predicted molar refractivity (Wildman–Crippen MR) is 190 cm³/mol. The van der Waals surface area contributed by atoms with Crippen molar-refractivity contribution in [3.63, 3.8) is 0 Å². The van der Waals surface area contributed by atoms with Crippen LogP contribution in [0.15, 0.2) is 24.3 Å². The Kier molecular flexibility index (Phi) is 16.0. The summed E-state index contributed by atoms with van der Waals surface area (Å²) in [7, 11) is 1.19. The van der Waals surface area contributed by atoms with Crippen LogP contribution in [0, 0.1) is 30.5 Å². The molecular formula is C35H51FN6O7S. The van der Waals surface area contributed by atoms with Gasteiger partial charge in [0.2, 0.25) is 23.6 Å². The van der Waals surface area contributed by atoms with E-state index in [2.05, 4.69) is 26.6 Å². The van der Waals surface area contributed by atoms with Gasteiger partial charge in [-0.05, 0) is 54.4 Å². The lowest BCUT2D eigenvalue weighted by atomic mass is 9.95. The number of nitrogens with one attached hydrogen (secondary N) is 5. The minimum Gasteiger partial charge on any atom is -0.465 e. The van der Waals surface area contributed by atoms with Gasteiger partial charge in [0.05, 0.1) is 29.5 Å². The Morgan fingerprint density at radius 3 is 1.86 bits per heavy atom. The number of carbonyl (C=O) groups excluding carboxylic acids is 6. The summed E-state index contributed by atoms with van der Waals surface area (Å²) in [6.45, 7) is 14.1. The fraction of sp³-hybridized carbons (Fsp3) is 0.543. The molecule has 0 aliphatic heterocycles. The molecule has 0 aliphatic carbocycles. The monoisotopic (exact) mass is 718 g/mol. The number of thiophene rings is 1. The third-order valence-corrected chi connectivity index (χ3v) is 9.41. The molecule has 50 heavy (non-hydrogen) atoms. The second-order valence-corrected chi connectivity index (χ2v) is 14.1. The molecular weight excluding hydrogens is 667 g/mol. The Morgan fingerprint density at radius 1 is 0.800 bits per heavy atom. The zero-order valence-corrected chi connectivity index (χ0v) is 31.0. The third kappa shape index (κ3) is 11.1. The van der Waals surface area contributed by atoms with Gasteiger partial charge >= 0.3 is 5.97 Å². The van der Waals surface area contributed by atoms with E-state index in [0.29, 0.717) is 17.5 Å². The number of methoxy groups -OCH3 is 1. The van der Waals surface area contributed by atoms with Crippen molar-refractivity contribution in [2.45, 2.75) is 85.9 Å². The van der Waals surface area contributed by atoms with Crippen molar-refractivity contribution >= 4 is 51.8 Å². The summed E-state index contributed by atoms with van der Waals surface area (Å²) < 4.78 is 18.4. The standard InChI is InChI=1S/C35H51FN6O7S/c1-10-23(21-11-13-22(36)14-12-21)29(43)42-34-24(35(48)49-9)20(8)28(50-34)33(47)39-16-15-38-31(45)26(18(4)5)41-32(46)27(19(6)7)40-30(44)25(37)17(2)3/h11-14,17-19,23,25-27H,10,15-16,37H2,1-9H3,(H,38,45)(H,39,47)(H,40,44)(H,41,46)(H,42,43)/t23?,25-,26-,27-/m1/s1. The number of benzene rings is 1. The lowest BCUT2D eigenvalue weighted by Gasteiger charge is -2.28. The lowest BCUT2D eigenvalue weighted by molar-refractivity contribution is -0.134. The number of halogens is 1. The van der Waals surface area contributed by atoms with Crippen LogP contribution in [-0.4, -0.2) is 73.8 Å². The van der Waals surface area contributed by atoms with Crippen LogP contribution in [0.2, 0.25) is 0 Å². The summed E-state index contributed by atoms with van der Waals surface area (Å²) in [5.74, 6) is -4.95. The maximum Gasteiger partial charge on any atom is 0.341 e. The smallest absolute Gasteiger partial charge is 0.341 e. The maximum atomic E-state index is 13.5. The molecule has 0 bridgehead atoms. The maximum absolute atomic E-state index is 13.5. The molecule has 0 fully saturated rings. The molecule has 7 N–H and O–H groups in total. The van der Waals surface area contributed by atoms with Gasteiger partial charge in [-0.15, -0.1) is 11.3 Å². The molecule has 0 aliphatic rings. The average molecular weight is 719 g/mol. The number of amides is 5. The molecule has 276 valence electrons. The molecule has 4 atom stereocenters. The first-order chi connectivity index (χ1) is 23.4. The number of anilines is 1. The van der Waals surface area contributed by atoms with E-state index in [1.54, 1.807) is 55.4 Å². The van der Waals surface area contributed by atoms with Crippen molar-refractivity contribution in [3.8, 4) is 0 Å². The second-order valence-electron chi connectivity index (χ2n) is 13.0. The Labute approximate surface area is 297 Å². The van der Waals surface area contributed by atoms with E-state index in [0.717, 1.165) is 11.3 Å². The van der Waals surface area contributed by atoms with Gasteiger partial charge in [0.25, 0.3) is 5.91 Å². The minimum absolute atomic E-state index is 0.0101. The van der Waals surface area contributed by atoms with Gasteiger partial charge in [0, 0.05) is 13.1 Å². The van der Waals surface area contributed by atoms with Gasteiger partial charge in [-0.25, -0.2) is 9.18 Å². The van der Waals surface area contributed by atoms with Crippen LogP contribution < -0.4 is 32.3 Å². The highest BCUT2D eigenvalue weighted by Gasteiger charge is 2.32. The Bertz CT molecular complexity index is 1530. The minimum atomic E-state index is -0.926. The van der Waals surface area contributed by atoms with Crippen LogP contribution in [0.25, 0.3) is 0 Å². The molecule has 0 spiro atoms. The van der Waals surface area contributed by atoms with E-state index >= 15 is 0 Å². The van der Waals surface area contributed by atoms with Crippen molar-refractivity contribution in [1.82, 2.24) is 21.3 Å². The highest BCUT2D eigenvalue weighted by molar-refractivity contribution is 7.18. The topological polar surface area (TPSA) is 198 Å². The van der Waals surface area contributed by atoms with Crippen LogP contribution in [0.1, 0.15) is 92.0 Å². The lowest BCUT2D eigenvalue weighted by Crippen LogP contribution is -2.59. The zero-order valence-electron chi connectivity index (χ0n) is 30.2. The normalized spacial score (nSPS) is 13.6. The Balaban J connectivity index is 2.09. The summed E-state index contributed by atoms with van der Waals surface area (Å²) in [5.41, 5.74) is 6.88. The largest absolute Gasteiger partial charge is 0.465 e. The second kappa shape index (κ2) is 19.1. The fourth-order valence-corrected chi connectivity index (χ4v) is 6.16. The Hall–Kier alpha value is -4.37. The molecule has 5 amide bonds. The van der Waals surface area contributed by atoms with Crippen molar-refractivity contribution in [2.75, 3.05) is 25.5 Å². The number of nitrogens with two attached hydrogens (primary N) is 1. The van der Waals surface area contributed by atoms with Crippen molar-refractivity contribution in [1.29, 1.82) is 0 Å². The molecule has 2 aromatic rings. The predicted octanol–water partition coefficient (Wildman–Crippen LogP) is 3.23. The molecule has 1 aromatic carbocycles. The van der Waals surface area contributed by atoms with Crippen LogP contribution >= 0.6 is 11.3 Å². The Morgan fingerprint density at radius 2 is 1.34 bits per heavy atom. The number of carbonyl (C=O) groups is 6. The van der Waals surface area contributed by atoms with Gasteiger partial charge in [-0.2, -0.15) is 0 Å². The number of hydrogen-bond acceptors (Lipinski definition) is 9. The van der Waals surface area contributed by atoms with Crippen LogP contribution in [0.5, 0.6) is 0 Å². The SMILES string of the molecule is CCC(C(=O)Nc1sc(C(=O)NCCNC(=O)[C@H](NC(=O)[C@H](NC(=O)[C@H](N)C(C)C)C(C)C)C(C)C)c(C)c1C(=O)OC)c1ccc(F)cc1. The van der Waals surface area contributed by atoms with Gasteiger partial charge in [0.15, 0.2) is 0 Å². The average Bonchev–Trinajstić information content (AvgIpc) is 3.38. The van der Waals surface area contributed by atoms with Crippen LogP contribution in [0.3, 0.4) is 0 Å². The first-order valence-electron chi connectivity index (χ1n) is 16.6. The van der Waals surface area contributed by atoms with Crippen molar-refractivity contribution < 1.29 is 37.9 Å². The quantitative estimate of drug-likeness (QED) is 0.106. The molecule has 0 saturated heterocycles. The first-order valence-corrected chi connectivity index (χ1v) is 17.5. The number of rotatable bonds is 17. The molecule has 1 heterocycles.